The summed E-state index contributed by atoms with van der Waals surface area (Å²) in [7, 11) is -1.99. The van der Waals surface area contributed by atoms with Crippen LogP contribution in [0.5, 0.6) is 0 Å². The average Bonchev–Trinajstić information content (AvgIpc) is 2.82. The third kappa shape index (κ3) is 2.55. The first kappa shape index (κ1) is 13.1. The van der Waals surface area contributed by atoms with Gasteiger partial charge in [0, 0.05) is 24.7 Å². The Hall–Kier alpha value is -1.38. The molecule has 0 unspecified atom stereocenters. The molecule has 0 saturated heterocycles. The topological polar surface area (TPSA) is 90.0 Å². The molecule has 0 saturated carbocycles. The normalized spacial score (nSPS) is 11.9. The molecule has 2 heterocycles. The maximum absolute atomic E-state index is 12.0. The van der Waals surface area contributed by atoms with Crippen molar-refractivity contribution in [2.75, 3.05) is 5.73 Å². The van der Waals surface area contributed by atoms with Gasteiger partial charge < -0.3 is 5.73 Å². The molecule has 2 aromatic heterocycles. The van der Waals surface area contributed by atoms with Gasteiger partial charge in [-0.05, 0) is 23.9 Å². The van der Waals surface area contributed by atoms with Crippen molar-refractivity contribution in [3.05, 3.63) is 28.1 Å². The average molecular weight is 286 g/mol. The van der Waals surface area contributed by atoms with E-state index in [2.05, 4.69) is 9.82 Å². The Morgan fingerprint density at radius 2 is 2.28 bits per heavy atom. The number of nitrogens with zero attached hydrogens (tertiary/aromatic N) is 2. The van der Waals surface area contributed by atoms with E-state index in [9.17, 15) is 8.42 Å². The highest BCUT2D eigenvalue weighted by Gasteiger charge is 2.20. The van der Waals surface area contributed by atoms with Gasteiger partial charge in [-0.3, -0.25) is 4.68 Å². The van der Waals surface area contributed by atoms with Crippen molar-refractivity contribution in [2.24, 2.45) is 7.05 Å². The van der Waals surface area contributed by atoms with Crippen LogP contribution in [0.4, 0.5) is 5.82 Å². The number of anilines is 1. The fourth-order valence-electron chi connectivity index (χ4n) is 1.51. The fraction of sp³-hybridized carbons (Fsp3) is 0.300. The summed E-state index contributed by atoms with van der Waals surface area (Å²) in [4.78, 5) is 1.00. The summed E-state index contributed by atoms with van der Waals surface area (Å²) in [6.45, 7) is 2.21. The summed E-state index contributed by atoms with van der Waals surface area (Å²) >= 11 is 1.52. The van der Waals surface area contributed by atoms with Crippen LogP contribution >= 0.6 is 11.3 Å². The Balaban J connectivity index is 2.18. The predicted molar refractivity (Wildman–Crippen MR) is 70.7 cm³/mol. The molecule has 6 nitrogen and oxygen atoms in total. The molecule has 0 aliphatic carbocycles. The highest BCUT2D eigenvalue weighted by molar-refractivity contribution is 7.89. The maximum Gasteiger partial charge on any atom is 0.246 e. The van der Waals surface area contributed by atoms with E-state index in [0.29, 0.717) is 0 Å². The number of thiophene rings is 1. The molecule has 0 fully saturated rings. The van der Waals surface area contributed by atoms with Crippen LogP contribution in [0.3, 0.4) is 0 Å². The number of aryl methyl sites for hydroxylation is 2. The van der Waals surface area contributed by atoms with Crippen LogP contribution in [0.25, 0.3) is 0 Å². The van der Waals surface area contributed by atoms with Gasteiger partial charge in [0.25, 0.3) is 0 Å². The van der Waals surface area contributed by atoms with Crippen LogP contribution in [0.1, 0.15) is 10.4 Å². The van der Waals surface area contributed by atoms with E-state index in [4.69, 9.17) is 5.73 Å². The first-order valence-electron chi connectivity index (χ1n) is 5.22. The van der Waals surface area contributed by atoms with Crippen molar-refractivity contribution < 1.29 is 8.42 Å². The summed E-state index contributed by atoms with van der Waals surface area (Å²) < 4.78 is 28.0. The molecule has 3 N–H and O–H groups in total. The van der Waals surface area contributed by atoms with Gasteiger partial charge >= 0.3 is 0 Å². The van der Waals surface area contributed by atoms with E-state index in [-0.39, 0.29) is 17.3 Å². The Morgan fingerprint density at radius 1 is 1.56 bits per heavy atom. The smallest absolute Gasteiger partial charge is 0.246 e. The fourth-order valence-corrected chi connectivity index (χ4v) is 3.55. The number of sulfonamides is 1. The highest BCUT2D eigenvalue weighted by atomic mass is 32.2. The van der Waals surface area contributed by atoms with Crippen molar-refractivity contribution in [1.82, 2.24) is 14.5 Å². The van der Waals surface area contributed by atoms with E-state index in [0.717, 1.165) is 10.4 Å². The first-order chi connectivity index (χ1) is 8.40. The summed E-state index contributed by atoms with van der Waals surface area (Å²) in [6.07, 6.45) is 1.39. The molecule has 8 heteroatoms. The number of hydrogen-bond donors (Lipinski definition) is 2. The summed E-state index contributed by atoms with van der Waals surface area (Å²) in [5, 5.41) is 5.75. The highest BCUT2D eigenvalue weighted by Crippen LogP contribution is 2.18. The predicted octanol–water partition coefficient (Wildman–Crippen LogP) is 0.851. The lowest BCUT2D eigenvalue weighted by Gasteiger charge is -2.04. The zero-order chi connectivity index (χ0) is 13.3. The molecule has 98 valence electrons. The minimum atomic E-state index is -3.61. The zero-order valence-corrected chi connectivity index (χ0v) is 11.7. The van der Waals surface area contributed by atoms with Crippen molar-refractivity contribution >= 4 is 27.2 Å². The third-order valence-electron chi connectivity index (χ3n) is 2.50. The summed E-state index contributed by atoms with van der Waals surface area (Å²) in [6, 6.07) is 1.95. The van der Waals surface area contributed by atoms with E-state index in [1.54, 1.807) is 7.05 Å². The van der Waals surface area contributed by atoms with Crippen LogP contribution in [0.15, 0.2) is 22.5 Å². The SMILES string of the molecule is Cc1ccsc1CNS(=O)(=O)c1cn(C)nc1N. The number of hydrogen-bond acceptors (Lipinski definition) is 5. The second-order valence-corrected chi connectivity index (χ2v) is 6.64. The molecule has 2 aromatic rings. The standard InChI is InChI=1S/C10H14N4O2S2/c1-7-3-4-17-8(7)5-12-18(15,16)9-6-14(2)13-10(9)11/h3-4,6,12H,5H2,1-2H3,(H2,11,13). The maximum atomic E-state index is 12.0. The Bertz CT molecular complexity index is 657. The molecule has 0 spiro atoms. The number of nitrogens with one attached hydrogen (secondary N) is 1. The minimum Gasteiger partial charge on any atom is -0.381 e. The van der Waals surface area contributed by atoms with Gasteiger partial charge in [0.2, 0.25) is 10.0 Å². The van der Waals surface area contributed by atoms with Crippen molar-refractivity contribution in [1.29, 1.82) is 0 Å². The Morgan fingerprint density at radius 3 is 2.78 bits per heavy atom. The van der Waals surface area contributed by atoms with Gasteiger partial charge in [-0.2, -0.15) is 5.10 Å². The lowest BCUT2D eigenvalue weighted by molar-refractivity contribution is 0.582. The number of nitrogen functional groups attached to an aromatic ring is 1. The Labute approximate surface area is 109 Å². The van der Waals surface area contributed by atoms with E-state index < -0.39 is 10.0 Å². The molecule has 0 amide bonds. The molecule has 0 aromatic carbocycles. The van der Waals surface area contributed by atoms with Crippen molar-refractivity contribution in [2.45, 2.75) is 18.4 Å². The van der Waals surface area contributed by atoms with Gasteiger partial charge in [0.15, 0.2) is 5.82 Å². The van der Waals surface area contributed by atoms with Gasteiger partial charge in [0.05, 0.1) is 0 Å². The second kappa shape index (κ2) is 4.71. The number of rotatable bonds is 4. The molecule has 2 rings (SSSR count). The summed E-state index contributed by atoms with van der Waals surface area (Å²) in [5.74, 6) is 0.00732. The molecular weight excluding hydrogens is 272 g/mol. The minimum absolute atomic E-state index is 0.00732. The van der Waals surface area contributed by atoms with Crippen LogP contribution in [-0.2, 0) is 23.6 Å². The van der Waals surface area contributed by atoms with Crippen LogP contribution in [-0.4, -0.2) is 18.2 Å². The molecule has 0 aliphatic heterocycles. The monoisotopic (exact) mass is 286 g/mol. The van der Waals surface area contributed by atoms with Crippen molar-refractivity contribution in [3.8, 4) is 0 Å². The zero-order valence-electron chi connectivity index (χ0n) is 10.0. The quantitative estimate of drug-likeness (QED) is 0.872. The lowest BCUT2D eigenvalue weighted by Crippen LogP contribution is -2.23. The molecule has 18 heavy (non-hydrogen) atoms. The van der Waals surface area contributed by atoms with Crippen LogP contribution in [0.2, 0.25) is 0 Å². The third-order valence-corrected chi connectivity index (χ3v) is 4.94. The van der Waals surface area contributed by atoms with Gasteiger partial charge in [0.1, 0.15) is 4.90 Å². The molecule has 0 atom stereocenters. The van der Waals surface area contributed by atoms with Gasteiger partial charge in [-0.1, -0.05) is 0 Å². The number of aromatic nitrogens is 2. The van der Waals surface area contributed by atoms with Gasteiger partial charge in [-0.15, -0.1) is 11.3 Å². The summed E-state index contributed by atoms with van der Waals surface area (Å²) in [5.41, 5.74) is 6.63. The lowest BCUT2D eigenvalue weighted by atomic mass is 10.3. The van der Waals surface area contributed by atoms with E-state index in [1.807, 2.05) is 18.4 Å². The largest absolute Gasteiger partial charge is 0.381 e. The van der Waals surface area contributed by atoms with Crippen LogP contribution in [0, 0.1) is 6.92 Å². The first-order valence-corrected chi connectivity index (χ1v) is 7.58. The van der Waals surface area contributed by atoms with Gasteiger partial charge in [-0.25, -0.2) is 13.1 Å². The van der Waals surface area contributed by atoms with E-state index in [1.165, 1.54) is 22.2 Å². The molecule has 0 aliphatic rings. The van der Waals surface area contributed by atoms with E-state index >= 15 is 0 Å². The van der Waals surface area contributed by atoms with Crippen LogP contribution < -0.4 is 10.5 Å². The second-order valence-electron chi connectivity index (χ2n) is 3.90. The molecule has 0 bridgehead atoms. The Kier molecular flexibility index (Phi) is 3.42. The number of nitrogens with two attached hydrogens (primary N) is 1. The molecule has 0 radical (unpaired) electrons. The van der Waals surface area contributed by atoms with Crippen molar-refractivity contribution in [3.63, 3.8) is 0 Å². The molecular formula is C10H14N4O2S2.